The maximum absolute atomic E-state index is 13.9. The zero-order valence-corrected chi connectivity index (χ0v) is 22.1. The summed E-state index contributed by atoms with van der Waals surface area (Å²) >= 11 is 1.30. The van der Waals surface area contributed by atoms with Crippen molar-refractivity contribution in [1.29, 1.82) is 0 Å². The monoisotopic (exact) mass is 554 g/mol. The van der Waals surface area contributed by atoms with Crippen LogP contribution in [0.5, 0.6) is 0 Å². The summed E-state index contributed by atoms with van der Waals surface area (Å²) in [5.41, 5.74) is 7.17. The number of benzene rings is 2. The van der Waals surface area contributed by atoms with Crippen LogP contribution in [0.1, 0.15) is 37.8 Å². The molecule has 0 radical (unpaired) electrons. The molecule has 5 N–H and O–H groups in total. The van der Waals surface area contributed by atoms with Crippen molar-refractivity contribution in [3.05, 3.63) is 65.0 Å². The third-order valence-electron chi connectivity index (χ3n) is 5.28. The van der Waals surface area contributed by atoms with Crippen LogP contribution in [0.25, 0.3) is 0 Å². The van der Waals surface area contributed by atoms with Gasteiger partial charge in [-0.2, -0.15) is 0 Å². The highest BCUT2D eigenvalue weighted by Gasteiger charge is 2.35. The molecular formula is C26H33F3N4O4S. The Morgan fingerprint density at radius 2 is 1.82 bits per heavy atom. The van der Waals surface area contributed by atoms with Gasteiger partial charge in [-0.25, -0.2) is 13.2 Å². The Hall–Kier alpha value is -3.25. The van der Waals surface area contributed by atoms with E-state index >= 15 is 0 Å². The number of hydrogen-bond acceptors (Lipinski definition) is 6. The summed E-state index contributed by atoms with van der Waals surface area (Å²) in [4.78, 5) is 37.6. The molecule has 2 aromatic carbocycles. The normalized spacial score (nSPS) is 15.3. The highest BCUT2D eigenvalue weighted by atomic mass is 32.2. The summed E-state index contributed by atoms with van der Waals surface area (Å²) in [6.45, 7) is 4.52. The van der Waals surface area contributed by atoms with Crippen LogP contribution in [0.15, 0.2) is 36.4 Å². The Bertz CT molecular complexity index is 1120. The van der Waals surface area contributed by atoms with Crippen molar-refractivity contribution >= 4 is 35.2 Å². The van der Waals surface area contributed by atoms with Crippen molar-refractivity contribution in [3.63, 3.8) is 0 Å². The minimum Gasteiger partial charge on any atom is -0.480 e. The SMILES string of the molecule is CCC.NC(CC(=O)N1CCS[C@H]1C(=O)NCc1cccc(NCC(=O)O)c1)Cc1cc(F)c(F)cc1F. The van der Waals surface area contributed by atoms with E-state index < -0.39 is 40.7 Å². The maximum atomic E-state index is 13.9. The highest BCUT2D eigenvalue weighted by Crippen LogP contribution is 2.25. The molecule has 0 aromatic heterocycles. The van der Waals surface area contributed by atoms with Crippen LogP contribution in [-0.4, -0.2) is 58.0 Å². The largest absolute Gasteiger partial charge is 0.480 e. The molecule has 1 saturated heterocycles. The molecule has 0 aliphatic carbocycles. The third kappa shape index (κ3) is 9.56. The number of amides is 2. The van der Waals surface area contributed by atoms with Crippen LogP contribution in [0.4, 0.5) is 18.9 Å². The number of nitrogens with one attached hydrogen (secondary N) is 2. The molecular weight excluding hydrogens is 521 g/mol. The van der Waals surface area contributed by atoms with Gasteiger partial charge in [-0.3, -0.25) is 14.4 Å². The average molecular weight is 555 g/mol. The molecule has 0 bridgehead atoms. The molecule has 208 valence electrons. The molecule has 2 amide bonds. The van der Waals surface area contributed by atoms with Crippen LogP contribution >= 0.6 is 11.8 Å². The second kappa shape index (κ2) is 15.2. The number of carboxylic acid groups (broad SMARTS) is 1. The average Bonchev–Trinajstić information content (AvgIpc) is 3.36. The first kappa shape index (κ1) is 31.0. The summed E-state index contributed by atoms with van der Waals surface area (Å²) in [5, 5.41) is 13.5. The molecule has 1 fully saturated rings. The zero-order chi connectivity index (χ0) is 28.2. The Morgan fingerprint density at radius 1 is 1.13 bits per heavy atom. The van der Waals surface area contributed by atoms with E-state index in [1.165, 1.54) is 23.1 Å². The van der Waals surface area contributed by atoms with Gasteiger partial charge in [-0.1, -0.05) is 32.4 Å². The molecule has 2 atom stereocenters. The Labute approximate surface area is 224 Å². The van der Waals surface area contributed by atoms with Gasteiger partial charge in [0.1, 0.15) is 12.4 Å². The summed E-state index contributed by atoms with van der Waals surface area (Å²) in [5.74, 6) is -4.66. The van der Waals surface area contributed by atoms with Crippen molar-refractivity contribution in [2.75, 3.05) is 24.2 Å². The fourth-order valence-electron chi connectivity index (χ4n) is 3.60. The van der Waals surface area contributed by atoms with Gasteiger partial charge in [-0.05, 0) is 35.7 Å². The van der Waals surface area contributed by atoms with E-state index in [0.717, 1.165) is 11.6 Å². The van der Waals surface area contributed by atoms with Gasteiger partial charge in [0.05, 0.1) is 0 Å². The fourth-order valence-corrected chi connectivity index (χ4v) is 4.77. The number of aliphatic carboxylic acids is 1. The summed E-state index contributed by atoms with van der Waals surface area (Å²) in [6.07, 6.45) is 0.888. The molecule has 1 heterocycles. The topological polar surface area (TPSA) is 125 Å². The van der Waals surface area contributed by atoms with Crippen molar-refractivity contribution in [2.24, 2.45) is 5.73 Å². The van der Waals surface area contributed by atoms with Gasteiger partial charge in [0.15, 0.2) is 17.0 Å². The molecule has 1 unspecified atom stereocenters. The first-order chi connectivity index (χ1) is 18.0. The lowest BCUT2D eigenvalue weighted by Crippen LogP contribution is -2.46. The van der Waals surface area contributed by atoms with Crippen molar-refractivity contribution in [3.8, 4) is 0 Å². The number of thioether (sulfide) groups is 1. The van der Waals surface area contributed by atoms with Gasteiger partial charge in [-0.15, -0.1) is 11.8 Å². The van der Waals surface area contributed by atoms with E-state index in [4.69, 9.17) is 10.8 Å². The lowest BCUT2D eigenvalue weighted by molar-refractivity contribution is -0.136. The number of anilines is 1. The first-order valence-corrected chi connectivity index (χ1v) is 13.2. The van der Waals surface area contributed by atoms with Gasteiger partial charge in [0, 0.05) is 43.1 Å². The molecule has 38 heavy (non-hydrogen) atoms. The van der Waals surface area contributed by atoms with Crippen molar-refractivity contribution < 1.29 is 32.7 Å². The van der Waals surface area contributed by atoms with Crippen LogP contribution in [0, 0.1) is 17.5 Å². The Kier molecular flexibility index (Phi) is 12.4. The molecule has 1 aliphatic rings. The predicted octanol–water partition coefficient (Wildman–Crippen LogP) is 3.49. The number of nitrogens with two attached hydrogens (primary N) is 1. The summed E-state index contributed by atoms with van der Waals surface area (Å²) in [7, 11) is 0. The van der Waals surface area contributed by atoms with Crippen LogP contribution in [0.3, 0.4) is 0 Å². The third-order valence-corrected chi connectivity index (χ3v) is 6.48. The lowest BCUT2D eigenvalue weighted by Gasteiger charge is -2.24. The van der Waals surface area contributed by atoms with Gasteiger partial charge in [0.25, 0.3) is 5.91 Å². The number of nitrogens with zero attached hydrogens (tertiary/aromatic N) is 1. The molecule has 2 aromatic rings. The number of rotatable bonds is 10. The standard InChI is InChI=1S/C23H25F3N4O4S.C3H8/c24-17-10-19(26)18(25)8-14(17)7-15(27)9-20(31)30-4-5-35-23(30)22(34)29-11-13-2-1-3-16(6-13)28-12-21(32)33;1-3-2/h1-3,6,8,10,15,23,28H,4-5,7,9,11-12,27H2,(H,29,34)(H,32,33);3H2,1-2H3/t15?,23-;/m0./s1. The fraction of sp³-hybridized carbons (Fsp3) is 0.423. The molecule has 8 nitrogen and oxygen atoms in total. The number of hydrogen-bond donors (Lipinski definition) is 4. The second-order valence-corrected chi connectivity index (χ2v) is 9.90. The van der Waals surface area contributed by atoms with Crippen molar-refractivity contribution in [2.45, 2.75) is 51.1 Å². The van der Waals surface area contributed by atoms with E-state index in [0.29, 0.717) is 24.1 Å². The number of halogens is 3. The first-order valence-electron chi connectivity index (χ1n) is 12.2. The maximum Gasteiger partial charge on any atom is 0.322 e. The highest BCUT2D eigenvalue weighted by molar-refractivity contribution is 8.00. The van der Waals surface area contributed by atoms with Crippen LogP contribution in [0.2, 0.25) is 0 Å². The quantitative estimate of drug-likeness (QED) is 0.332. The molecule has 1 aliphatic heterocycles. The molecule has 0 saturated carbocycles. The van der Waals surface area contributed by atoms with E-state index in [-0.39, 0.29) is 37.4 Å². The Morgan fingerprint density at radius 3 is 2.50 bits per heavy atom. The molecule has 0 spiro atoms. The number of carbonyl (C=O) groups is 3. The van der Waals surface area contributed by atoms with E-state index in [1.54, 1.807) is 24.3 Å². The minimum atomic E-state index is -1.30. The van der Waals surface area contributed by atoms with E-state index in [1.807, 2.05) is 0 Å². The van der Waals surface area contributed by atoms with Crippen molar-refractivity contribution in [1.82, 2.24) is 10.2 Å². The molecule has 3 rings (SSSR count). The number of carbonyl (C=O) groups excluding carboxylic acids is 2. The van der Waals surface area contributed by atoms with Gasteiger partial charge >= 0.3 is 5.97 Å². The molecule has 12 heteroatoms. The number of carboxylic acids is 1. The van der Waals surface area contributed by atoms with Gasteiger partial charge in [0.2, 0.25) is 5.91 Å². The zero-order valence-electron chi connectivity index (χ0n) is 21.3. The van der Waals surface area contributed by atoms with Gasteiger partial charge < -0.3 is 26.4 Å². The smallest absolute Gasteiger partial charge is 0.322 e. The second-order valence-electron chi connectivity index (χ2n) is 8.71. The summed E-state index contributed by atoms with van der Waals surface area (Å²) in [6, 6.07) is 7.23. The summed E-state index contributed by atoms with van der Waals surface area (Å²) < 4.78 is 40.4. The predicted molar refractivity (Wildman–Crippen MR) is 141 cm³/mol. The van der Waals surface area contributed by atoms with E-state index in [2.05, 4.69) is 24.5 Å². The Balaban J connectivity index is 0.00000161. The lowest BCUT2D eigenvalue weighted by atomic mass is 10.0. The van der Waals surface area contributed by atoms with Crippen LogP contribution < -0.4 is 16.4 Å². The van der Waals surface area contributed by atoms with Crippen LogP contribution in [-0.2, 0) is 27.3 Å². The minimum absolute atomic E-state index is 0.130. The van der Waals surface area contributed by atoms with E-state index in [9.17, 15) is 27.6 Å².